The van der Waals surface area contributed by atoms with Crippen LogP contribution in [0.25, 0.3) is 10.2 Å². The Morgan fingerprint density at radius 2 is 1.92 bits per heavy atom. The fourth-order valence-electron chi connectivity index (χ4n) is 2.88. The number of fused-ring (bicyclic) bond motifs is 1. The normalized spacial score (nSPS) is 12.1. The highest BCUT2D eigenvalue weighted by Gasteiger charge is 2.20. The molecule has 0 spiro atoms. The Labute approximate surface area is 158 Å². The van der Waals surface area contributed by atoms with Gasteiger partial charge in [-0.2, -0.15) is 0 Å². The second-order valence-electron chi connectivity index (χ2n) is 6.24. The van der Waals surface area contributed by atoms with E-state index in [4.69, 9.17) is 4.74 Å². The number of para-hydroxylation sites is 2. The molecular formula is C21H24N2O2S. The molecule has 4 nitrogen and oxygen atoms in total. The Kier molecular flexibility index (Phi) is 5.89. The number of nitrogens with zero attached hydrogens (tertiary/aromatic N) is 2. The minimum absolute atomic E-state index is 0.0398. The summed E-state index contributed by atoms with van der Waals surface area (Å²) in [6, 6.07) is 16.0. The minimum Gasteiger partial charge on any atom is -0.494 e. The lowest BCUT2D eigenvalue weighted by molar-refractivity contribution is -0.131. The highest BCUT2D eigenvalue weighted by molar-refractivity contribution is 7.18. The van der Waals surface area contributed by atoms with Crippen molar-refractivity contribution >= 4 is 27.5 Å². The van der Waals surface area contributed by atoms with Gasteiger partial charge in [-0.1, -0.05) is 30.3 Å². The third kappa shape index (κ3) is 4.05. The number of ether oxygens (including phenoxy) is 1. The summed E-state index contributed by atoms with van der Waals surface area (Å²) in [6.07, 6.45) is 1.13. The molecule has 3 aromatic rings. The summed E-state index contributed by atoms with van der Waals surface area (Å²) in [6.45, 7) is 4.62. The van der Waals surface area contributed by atoms with Gasteiger partial charge in [-0.05, 0) is 44.0 Å². The van der Waals surface area contributed by atoms with Gasteiger partial charge in [0.25, 0.3) is 0 Å². The number of hydrogen-bond acceptors (Lipinski definition) is 4. The maximum absolute atomic E-state index is 12.7. The molecule has 0 aliphatic heterocycles. The van der Waals surface area contributed by atoms with Gasteiger partial charge >= 0.3 is 0 Å². The number of carbonyl (C=O) groups is 1. The number of thiazole rings is 1. The highest BCUT2D eigenvalue weighted by atomic mass is 32.1. The molecule has 0 unspecified atom stereocenters. The predicted octanol–water partition coefficient (Wildman–Crippen LogP) is 4.85. The Morgan fingerprint density at radius 3 is 2.69 bits per heavy atom. The fourth-order valence-corrected chi connectivity index (χ4v) is 3.94. The van der Waals surface area contributed by atoms with Crippen LogP contribution in [0.1, 0.15) is 36.9 Å². The van der Waals surface area contributed by atoms with Gasteiger partial charge < -0.3 is 9.64 Å². The lowest BCUT2D eigenvalue weighted by Gasteiger charge is -2.23. The molecule has 3 rings (SSSR count). The fraction of sp³-hybridized carbons (Fsp3) is 0.333. The zero-order valence-corrected chi connectivity index (χ0v) is 16.3. The van der Waals surface area contributed by atoms with Crippen LogP contribution >= 0.6 is 11.3 Å². The van der Waals surface area contributed by atoms with Crippen LogP contribution in [0.5, 0.6) is 5.75 Å². The standard InChI is InChI=1S/C21H24N2O2S/c1-4-25-18-11-7-5-9-16(18)13-14-20(24)23(3)15(2)21-22-17-10-6-8-12-19(17)26-21/h5-12,15H,4,13-14H2,1-3H3/t15-/m0/s1. The van der Waals surface area contributed by atoms with Crippen LogP contribution in [0.3, 0.4) is 0 Å². The molecule has 0 saturated heterocycles. The quantitative estimate of drug-likeness (QED) is 0.599. The molecule has 5 heteroatoms. The molecule has 1 aromatic heterocycles. The maximum Gasteiger partial charge on any atom is 0.223 e. The topological polar surface area (TPSA) is 42.4 Å². The molecule has 0 aliphatic carbocycles. The van der Waals surface area contributed by atoms with E-state index in [0.717, 1.165) is 26.5 Å². The molecule has 0 radical (unpaired) electrons. The lowest BCUT2D eigenvalue weighted by atomic mass is 10.1. The number of aryl methyl sites for hydroxylation is 1. The third-order valence-electron chi connectivity index (χ3n) is 4.52. The van der Waals surface area contributed by atoms with Crippen molar-refractivity contribution in [1.29, 1.82) is 0 Å². The van der Waals surface area contributed by atoms with Crippen molar-refractivity contribution in [3.05, 3.63) is 59.1 Å². The molecule has 26 heavy (non-hydrogen) atoms. The second-order valence-corrected chi connectivity index (χ2v) is 7.30. The molecule has 136 valence electrons. The van der Waals surface area contributed by atoms with E-state index >= 15 is 0 Å². The van der Waals surface area contributed by atoms with Gasteiger partial charge in [0.2, 0.25) is 5.91 Å². The second kappa shape index (κ2) is 8.32. The van der Waals surface area contributed by atoms with Crippen LogP contribution in [-0.2, 0) is 11.2 Å². The molecule has 1 atom stereocenters. The first-order valence-electron chi connectivity index (χ1n) is 8.92. The first-order valence-corrected chi connectivity index (χ1v) is 9.73. The number of aromatic nitrogens is 1. The number of rotatable bonds is 7. The van der Waals surface area contributed by atoms with Crippen molar-refractivity contribution < 1.29 is 9.53 Å². The summed E-state index contributed by atoms with van der Waals surface area (Å²) in [7, 11) is 1.85. The average Bonchev–Trinajstić information content (AvgIpc) is 3.10. The Hall–Kier alpha value is -2.40. The molecule has 2 aromatic carbocycles. The molecule has 1 heterocycles. The Bertz CT molecular complexity index is 857. The number of carbonyl (C=O) groups excluding carboxylic acids is 1. The Morgan fingerprint density at radius 1 is 1.19 bits per heavy atom. The zero-order chi connectivity index (χ0) is 18.5. The molecule has 0 aliphatic rings. The van der Waals surface area contributed by atoms with Gasteiger partial charge in [0.1, 0.15) is 10.8 Å². The maximum atomic E-state index is 12.7. The van der Waals surface area contributed by atoms with E-state index < -0.39 is 0 Å². The van der Waals surface area contributed by atoms with Gasteiger partial charge in [-0.3, -0.25) is 4.79 Å². The highest BCUT2D eigenvalue weighted by Crippen LogP contribution is 2.29. The Balaban J connectivity index is 1.65. The molecular weight excluding hydrogens is 344 g/mol. The van der Waals surface area contributed by atoms with E-state index in [1.807, 2.05) is 63.4 Å². The van der Waals surface area contributed by atoms with Crippen molar-refractivity contribution in [1.82, 2.24) is 9.88 Å². The number of hydrogen-bond donors (Lipinski definition) is 0. The van der Waals surface area contributed by atoms with Crippen molar-refractivity contribution in [2.75, 3.05) is 13.7 Å². The molecule has 0 fully saturated rings. The third-order valence-corrected chi connectivity index (χ3v) is 5.73. The minimum atomic E-state index is -0.0398. The van der Waals surface area contributed by atoms with Gasteiger partial charge in [-0.25, -0.2) is 4.98 Å². The van der Waals surface area contributed by atoms with Crippen molar-refractivity contribution in [2.24, 2.45) is 0 Å². The van der Waals surface area contributed by atoms with Crippen LogP contribution in [0.15, 0.2) is 48.5 Å². The van der Waals surface area contributed by atoms with E-state index in [1.165, 1.54) is 0 Å². The van der Waals surface area contributed by atoms with Gasteiger partial charge in [0, 0.05) is 13.5 Å². The van der Waals surface area contributed by atoms with E-state index in [-0.39, 0.29) is 11.9 Å². The van der Waals surface area contributed by atoms with Gasteiger partial charge in [0.05, 0.1) is 22.9 Å². The molecule has 0 saturated carbocycles. The summed E-state index contributed by atoms with van der Waals surface area (Å²) >= 11 is 1.65. The lowest BCUT2D eigenvalue weighted by Crippen LogP contribution is -2.29. The average molecular weight is 369 g/mol. The van der Waals surface area contributed by atoms with E-state index in [9.17, 15) is 4.79 Å². The van der Waals surface area contributed by atoms with Crippen molar-refractivity contribution in [3.63, 3.8) is 0 Å². The molecule has 1 amide bonds. The summed E-state index contributed by atoms with van der Waals surface area (Å²) in [5.41, 5.74) is 2.06. The SMILES string of the molecule is CCOc1ccccc1CCC(=O)N(C)[C@@H](C)c1nc2ccccc2s1. The van der Waals surface area contributed by atoms with E-state index in [2.05, 4.69) is 11.1 Å². The van der Waals surface area contributed by atoms with Crippen LogP contribution in [0, 0.1) is 0 Å². The monoisotopic (exact) mass is 368 g/mol. The zero-order valence-electron chi connectivity index (χ0n) is 15.4. The number of amides is 1. The largest absolute Gasteiger partial charge is 0.494 e. The van der Waals surface area contributed by atoms with Crippen LogP contribution in [-0.4, -0.2) is 29.4 Å². The first-order chi connectivity index (χ1) is 12.6. The summed E-state index contributed by atoms with van der Waals surface area (Å²) in [5.74, 6) is 0.979. The first kappa shape index (κ1) is 18.4. The van der Waals surface area contributed by atoms with E-state index in [0.29, 0.717) is 19.4 Å². The summed E-state index contributed by atoms with van der Waals surface area (Å²) < 4.78 is 6.80. The summed E-state index contributed by atoms with van der Waals surface area (Å²) in [5, 5.41) is 0.969. The van der Waals surface area contributed by atoms with Crippen LogP contribution in [0.4, 0.5) is 0 Å². The summed E-state index contributed by atoms with van der Waals surface area (Å²) in [4.78, 5) is 19.1. The molecule has 0 N–H and O–H groups in total. The van der Waals surface area contributed by atoms with Crippen LogP contribution in [0.2, 0.25) is 0 Å². The van der Waals surface area contributed by atoms with Crippen molar-refractivity contribution in [3.8, 4) is 5.75 Å². The van der Waals surface area contributed by atoms with E-state index in [1.54, 1.807) is 16.2 Å². The predicted molar refractivity (Wildman–Crippen MR) is 107 cm³/mol. The van der Waals surface area contributed by atoms with Gasteiger partial charge in [0.15, 0.2) is 0 Å². The van der Waals surface area contributed by atoms with Crippen LogP contribution < -0.4 is 4.74 Å². The smallest absolute Gasteiger partial charge is 0.223 e. The number of benzene rings is 2. The molecule has 0 bridgehead atoms. The van der Waals surface area contributed by atoms with Gasteiger partial charge in [-0.15, -0.1) is 11.3 Å². The van der Waals surface area contributed by atoms with Crippen molar-refractivity contribution in [2.45, 2.75) is 32.7 Å².